The van der Waals surface area contributed by atoms with Crippen LogP contribution in [0.3, 0.4) is 0 Å². The van der Waals surface area contributed by atoms with Crippen molar-refractivity contribution in [3.63, 3.8) is 0 Å². The molecule has 0 radical (unpaired) electrons. The normalized spacial score (nSPS) is 9.46. The van der Waals surface area contributed by atoms with Gasteiger partial charge < -0.3 is 10.1 Å². The topological polar surface area (TPSA) is 51.2 Å². The minimum absolute atomic E-state index is 0.225. The molecule has 0 saturated carbocycles. The molecule has 0 fully saturated rings. The Morgan fingerprint density at radius 1 is 1.69 bits per heavy atom. The van der Waals surface area contributed by atoms with Crippen LogP contribution in [-0.2, 0) is 0 Å². The third kappa shape index (κ3) is 2.09. The lowest BCUT2D eigenvalue weighted by atomic mass is 10.3. The quantitative estimate of drug-likeness (QED) is 0.778. The molecule has 1 heterocycles. The second-order valence-electron chi connectivity index (χ2n) is 2.29. The second kappa shape index (κ2) is 4.09. The summed E-state index contributed by atoms with van der Waals surface area (Å²) in [6, 6.07) is 1.51. The van der Waals surface area contributed by atoms with Crippen LogP contribution in [0.25, 0.3) is 0 Å². The van der Waals surface area contributed by atoms with Gasteiger partial charge in [-0.25, -0.2) is 4.98 Å². The highest BCUT2D eigenvalue weighted by Gasteiger charge is 2.07. The van der Waals surface area contributed by atoms with Crippen molar-refractivity contribution >= 4 is 17.5 Å². The number of methoxy groups -OCH3 is 1. The molecule has 0 atom stereocenters. The molecule has 0 bridgehead atoms. The number of carbonyl (C=O) groups excluding carboxylic acids is 1. The van der Waals surface area contributed by atoms with Crippen LogP contribution in [0.5, 0.6) is 5.88 Å². The van der Waals surface area contributed by atoms with Crippen LogP contribution in [0, 0.1) is 0 Å². The van der Waals surface area contributed by atoms with E-state index in [2.05, 4.69) is 10.3 Å². The number of pyridine rings is 1. The summed E-state index contributed by atoms with van der Waals surface area (Å²) in [7, 11) is 3.01. The van der Waals surface area contributed by atoms with Crippen molar-refractivity contribution in [1.82, 2.24) is 10.3 Å². The van der Waals surface area contributed by atoms with E-state index < -0.39 is 0 Å². The molecular formula is C8H9ClN2O2. The number of halogens is 1. The largest absolute Gasteiger partial charge is 0.480 e. The van der Waals surface area contributed by atoms with Crippen molar-refractivity contribution in [2.45, 2.75) is 0 Å². The number of rotatable bonds is 2. The molecule has 1 rings (SSSR count). The second-order valence-corrected chi connectivity index (χ2v) is 2.70. The van der Waals surface area contributed by atoms with E-state index in [1.54, 1.807) is 7.05 Å². The monoisotopic (exact) mass is 200 g/mol. The smallest absolute Gasteiger partial charge is 0.252 e. The SMILES string of the molecule is CNC(=O)c1cnc(OC)c(Cl)c1. The van der Waals surface area contributed by atoms with Crippen molar-refractivity contribution in [2.24, 2.45) is 0 Å². The van der Waals surface area contributed by atoms with E-state index in [9.17, 15) is 4.79 Å². The van der Waals surface area contributed by atoms with Gasteiger partial charge in [-0.05, 0) is 6.07 Å². The Hall–Kier alpha value is -1.29. The molecule has 0 aliphatic carbocycles. The number of hydrogen-bond acceptors (Lipinski definition) is 3. The Bertz CT molecular complexity index is 328. The number of ether oxygens (including phenoxy) is 1. The van der Waals surface area contributed by atoms with E-state index in [0.29, 0.717) is 16.5 Å². The molecule has 0 unspecified atom stereocenters. The summed E-state index contributed by atoms with van der Waals surface area (Å²) < 4.78 is 4.84. The van der Waals surface area contributed by atoms with E-state index in [-0.39, 0.29) is 5.91 Å². The summed E-state index contributed by atoms with van der Waals surface area (Å²) in [6.07, 6.45) is 1.41. The average Bonchev–Trinajstić information content (AvgIpc) is 2.16. The van der Waals surface area contributed by atoms with Crippen LogP contribution >= 0.6 is 11.6 Å². The number of amides is 1. The third-order valence-electron chi connectivity index (χ3n) is 1.49. The molecule has 0 saturated heterocycles. The maximum atomic E-state index is 11.1. The predicted octanol–water partition coefficient (Wildman–Crippen LogP) is 1.10. The summed E-state index contributed by atoms with van der Waals surface area (Å²) in [4.78, 5) is 15.0. The maximum Gasteiger partial charge on any atom is 0.252 e. The zero-order valence-electron chi connectivity index (χ0n) is 7.30. The molecular weight excluding hydrogens is 192 g/mol. The maximum absolute atomic E-state index is 11.1. The molecule has 1 amide bonds. The van der Waals surface area contributed by atoms with E-state index >= 15 is 0 Å². The molecule has 1 N–H and O–H groups in total. The number of aromatic nitrogens is 1. The van der Waals surface area contributed by atoms with E-state index in [1.807, 2.05) is 0 Å². The number of hydrogen-bond donors (Lipinski definition) is 1. The minimum atomic E-state index is -0.225. The Morgan fingerprint density at radius 2 is 2.38 bits per heavy atom. The van der Waals surface area contributed by atoms with Crippen molar-refractivity contribution in [2.75, 3.05) is 14.2 Å². The fourth-order valence-electron chi connectivity index (χ4n) is 0.844. The fraction of sp³-hybridized carbons (Fsp3) is 0.250. The fourth-order valence-corrected chi connectivity index (χ4v) is 1.09. The van der Waals surface area contributed by atoms with Gasteiger partial charge in [-0.1, -0.05) is 11.6 Å². The predicted molar refractivity (Wildman–Crippen MR) is 49.2 cm³/mol. The van der Waals surface area contributed by atoms with Gasteiger partial charge in [-0.15, -0.1) is 0 Å². The number of nitrogens with zero attached hydrogens (tertiary/aromatic N) is 1. The van der Waals surface area contributed by atoms with Crippen molar-refractivity contribution in [3.8, 4) is 5.88 Å². The molecule has 70 valence electrons. The summed E-state index contributed by atoms with van der Waals surface area (Å²) in [6.45, 7) is 0. The third-order valence-corrected chi connectivity index (χ3v) is 1.76. The first kappa shape index (κ1) is 9.80. The van der Waals surface area contributed by atoms with E-state index in [4.69, 9.17) is 16.3 Å². The lowest BCUT2D eigenvalue weighted by Gasteiger charge is -2.03. The van der Waals surface area contributed by atoms with Crippen molar-refractivity contribution in [1.29, 1.82) is 0 Å². The molecule has 1 aromatic rings. The Morgan fingerprint density at radius 3 is 2.85 bits per heavy atom. The van der Waals surface area contributed by atoms with Gasteiger partial charge >= 0.3 is 0 Å². The van der Waals surface area contributed by atoms with Gasteiger partial charge in [-0.3, -0.25) is 4.79 Å². The van der Waals surface area contributed by atoms with Gasteiger partial charge in [0.2, 0.25) is 5.88 Å². The first-order valence-electron chi connectivity index (χ1n) is 3.60. The Balaban J connectivity index is 3.02. The molecule has 5 heteroatoms. The molecule has 0 aliphatic rings. The summed E-state index contributed by atoms with van der Waals surface area (Å²) in [5.41, 5.74) is 0.410. The summed E-state index contributed by atoms with van der Waals surface area (Å²) >= 11 is 5.76. The molecule has 13 heavy (non-hydrogen) atoms. The lowest BCUT2D eigenvalue weighted by Crippen LogP contribution is -2.17. The van der Waals surface area contributed by atoms with Crippen LogP contribution < -0.4 is 10.1 Å². The zero-order valence-corrected chi connectivity index (χ0v) is 8.05. The van der Waals surface area contributed by atoms with Gasteiger partial charge in [0, 0.05) is 13.2 Å². The Labute approximate surface area is 80.9 Å². The molecule has 1 aromatic heterocycles. The highest BCUT2D eigenvalue weighted by molar-refractivity contribution is 6.32. The first-order valence-corrected chi connectivity index (χ1v) is 3.98. The van der Waals surface area contributed by atoms with Gasteiger partial charge in [0.15, 0.2) is 0 Å². The van der Waals surface area contributed by atoms with Crippen LogP contribution in [0.1, 0.15) is 10.4 Å². The van der Waals surface area contributed by atoms with Crippen LogP contribution in [0.4, 0.5) is 0 Å². The Kier molecular flexibility index (Phi) is 3.08. The average molecular weight is 201 g/mol. The summed E-state index contributed by atoms with van der Waals surface area (Å²) in [5, 5.41) is 2.79. The molecule has 0 aliphatic heterocycles. The lowest BCUT2D eigenvalue weighted by molar-refractivity contribution is 0.0962. The highest BCUT2D eigenvalue weighted by Crippen LogP contribution is 2.21. The van der Waals surface area contributed by atoms with E-state index in [0.717, 1.165) is 0 Å². The number of carbonyl (C=O) groups is 1. The van der Waals surface area contributed by atoms with Crippen LogP contribution in [0.15, 0.2) is 12.3 Å². The van der Waals surface area contributed by atoms with E-state index in [1.165, 1.54) is 19.4 Å². The van der Waals surface area contributed by atoms with Gasteiger partial charge in [0.1, 0.15) is 5.02 Å². The summed E-state index contributed by atoms with van der Waals surface area (Å²) in [5.74, 6) is 0.0892. The van der Waals surface area contributed by atoms with Crippen molar-refractivity contribution in [3.05, 3.63) is 22.8 Å². The molecule has 0 aromatic carbocycles. The van der Waals surface area contributed by atoms with Crippen LogP contribution in [0.2, 0.25) is 5.02 Å². The molecule has 4 nitrogen and oxygen atoms in total. The standard InChI is InChI=1S/C8H9ClN2O2/c1-10-7(12)5-3-6(9)8(13-2)11-4-5/h3-4H,1-2H3,(H,10,12). The molecule has 0 spiro atoms. The van der Waals surface area contributed by atoms with Gasteiger partial charge in [0.25, 0.3) is 5.91 Å². The van der Waals surface area contributed by atoms with Gasteiger partial charge in [0.05, 0.1) is 12.7 Å². The minimum Gasteiger partial charge on any atom is -0.480 e. The van der Waals surface area contributed by atoms with Crippen LogP contribution in [-0.4, -0.2) is 25.0 Å². The number of nitrogens with one attached hydrogen (secondary N) is 1. The van der Waals surface area contributed by atoms with Crippen molar-refractivity contribution < 1.29 is 9.53 Å². The van der Waals surface area contributed by atoms with Gasteiger partial charge in [-0.2, -0.15) is 0 Å². The highest BCUT2D eigenvalue weighted by atomic mass is 35.5. The first-order chi connectivity index (χ1) is 6.19. The zero-order chi connectivity index (χ0) is 9.84.